The van der Waals surface area contributed by atoms with Gasteiger partial charge in [0.05, 0.1) is 12.6 Å². The van der Waals surface area contributed by atoms with Gasteiger partial charge >= 0.3 is 0 Å². The van der Waals surface area contributed by atoms with Crippen molar-refractivity contribution >= 4 is 0 Å². The molecule has 2 aliphatic rings. The molecule has 4 bridgehead atoms. The summed E-state index contributed by atoms with van der Waals surface area (Å²) in [4.78, 5) is 0. The van der Waals surface area contributed by atoms with Crippen LogP contribution in [-0.4, -0.2) is 4.57 Å². The molecule has 1 aliphatic heterocycles. The lowest BCUT2D eigenvalue weighted by Crippen LogP contribution is -2.30. The molecule has 1 aromatic heterocycles. The highest BCUT2D eigenvalue weighted by atomic mass is 15.1. The molecular weight excluding hydrogens is 484 g/mol. The zero-order chi connectivity index (χ0) is 29.5. The van der Waals surface area contributed by atoms with Crippen LogP contribution in [0.25, 0.3) is 39.3 Å². The Morgan fingerprint density at radius 1 is 0.825 bits per heavy atom. The SMILES string of the molecule is [2H]C1([2H])Cc2cccc3c2Cc2c-3ccc(C)c2-c2n(cc[n+]2C)-c2c(C(C)C)cc(-c3ccccc3)c1c2C(C)C. The molecular formula is C38H39N2+. The van der Waals surface area contributed by atoms with Gasteiger partial charge in [-0.15, -0.1) is 0 Å². The van der Waals surface area contributed by atoms with Gasteiger partial charge in [0, 0.05) is 13.9 Å². The van der Waals surface area contributed by atoms with Gasteiger partial charge in [-0.1, -0.05) is 88.4 Å². The van der Waals surface area contributed by atoms with E-state index in [1.165, 1.54) is 38.9 Å². The van der Waals surface area contributed by atoms with Crippen LogP contribution >= 0.6 is 0 Å². The van der Waals surface area contributed by atoms with Crippen LogP contribution in [0.4, 0.5) is 0 Å². The van der Waals surface area contributed by atoms with Crippen LogP contribution in [0.1, 0.15) is 81.2 Å². The van der Waals surface area contributed by atoms with Crippen LogP contribution in [0.5, 0.6) is 0 Å². The molecule has 0 amide bonds. The molecule has 0 spiro atoms. The molecule has 2 heterocycles. The Labute approximate surface area is 241 Å². The van der Waals surface area contributed by atoms with Crippen LogP contribution in [-0.2, 0) is 26.3 Å². The van der Waals surface area contributed by atoms with E-state index >= 15 is 0 Å². The van der Waals surface area contributed by atoms with E-state index in [2.05, 4.69) is 124 Å². The lowest BCUT2D eigenvalue weighted by atomic mass is 9.81. The average molecular weight is 526 g/mol. The Morgan fingerprint density at radius 2 is 1.60 bits per heavy atom. The van der Waals surface area contributed by atoms with E-state index < -0.39 is 6.37 Å². The minimum absolute atomic E-state index is 0.109. The van der Waals surface area contributed by atoms with E-state index in [1.54, 1.807) is 0 Å². The van der Waals surface area contributed by atoms with Gasteiger partial charge in [-0.25, -0.2) is 4.57 Å². The maximum atomic E-state index is 9.89. The highest BCUT2D eigenvalue weighted by Gasteiger charge is 2.34. The number of hydrogen-bond acceptors (Lipinski definition) is 0. The van der Waals surface area contributed by atoms with Crippen molar-refractivity contribution < 1.29 is 7.31 Å². The van der Waals surface area contributed by atoms with Crippen LogP contribution in [0, 0.1) is 6.92 Å². The number of nitrogens with zero attached hydrogens (tertiary/aromatic N) is 2. The number of aryl methyl sites for hydroxylation is 3. The lowest BCUT2D eigenvalue weighted by Gasteiger charge is -2.26. The molecule has 0 fully saturated rings. The third-order valence-electron chi connectivity index (χ3n) is 9.01. The number of imidazole rings is 1. The monoisotopic (exact) mass is 525 g/mol. The number of rotatable bonds is 3. The van der Waals surface area contributed by atoms with Gasteiger partial charge in [0.25, 0.3) is 5.82 Å². The summed E-state index contributed by atoms with van der Waals surface area (Å²) in [7, 11) is 2.15. The van der Waals surface area contributed by atoms with E-state index in [9.17, 15) is 2.74 Å². The summed E-state index contributed by atoms with van der Waals surface area (Å²) in [6.07, 6.45) is 3.93. The van der Waals surface area contributed by atoms with E-state index in [4.69, 9.17) is 0 Å². The van der Waals surface area contributed by atoms with E-state index in [0.717, 1.165) is 45.7 Å². The predicted octanol–water partition coefficient (Wildman–Crippen LogP) is 8.86. The third-order valence-corrected chi connectivity index (χ3v) is 9.01. The summed E-state index contributed by atoms with van der Waals surface area (Å²) in [6.45, 7) is 11.2. The Kier molecular flexibility index (Phi) is 5.34. The molecule has 0 saturated heterocycles. The van der Waals surface area contributed by atoms with Crippen molar-refractivity contribution in [3.63, 3.8) is 0 Å². The van der Waals surface area contributed by atoms with Gasteiger partial charge in [-0.05, 0) is 94.1 Å². The fourth-order valence-electron chi connectivity index (χ4n) is 7.11. The van der Waals surface area contributed by atoms with Crippen molar-refractivity contribution in [3.05, 3.63) is 118 Å². The Balaban J connectivity index is 1.72. The second-order valence-electron chi connectivity index (χ2n) is 12.2. The molecule has 0 atom stereocenters. The molecule has 5 aromatic rings. The molecule has 1 aliphatic carbocycles. The van der Waals surface area contributed by atoms with Crippen LogP contribution in [0.15, 0.2) is 79.1 Å². The standard InChI is InChI=1S/C38H39N2/c1-23(2)31-21-33(26-11-8-7-9-12-26)30-18-16-27-13-10-14-28-29-17-15-25(5)36(34(29)22-32(27)28)38-39(6)19-20-40(38)37(31)35(30)24(3)4/h7-15,17,19-21,23-24H,16,18,22H2,1-6H3/q+1/i18D2. The topological polar surface area (TPSA) is 8.81 Å². The van der Waals surface area contributed by atoms with Crippen molar-refractivity contribution in [1.29, 1.82) is 0 Å². The summed E-state index contributed by atoms with van der Waals surface area (Å²) in [6, 6.07) is 23.8. The fourth-order valence-corrected chi connectivity index (χ4v) is 7.11. The zero-order valence-electron chi connectivity index (χ0n) is 26.5. The predicted molar refractivity (Wildman–Crippen MR) is 166 cm³/mol. The third kappa shape index (κ3) is 3.65. The molecule has 40 heavy (non-hydrogen) atoms. The van der Waals surface area contributed by atoms with Crippen LogP contribution in [0.2, 0.25) is 0 Å². The quantitative estimate of drug-likeness (QED) is 0.204. The summed E-state index contributed by atoms with van der Waals surface area (Å²) in [5.41, 5.74) is 15.2. The van der Waals surface area contributed by atoms with Gasteiger partial charge in [-0.2, -0.15) is 4.57 Å². The summed E-state index contributed by atoms with van der Waals surface area (Å²) in [5.74, 6) is 1.51. The molecule has 4 aromatic carbocycles. The number of aromatic nitrogens is 2. The molecule has 7 rings (SSSR count). The van der Waals surface area contributed by atoms with Crippen molar-refractivity contribution in [2.75, 3.05) is 0 Å². The number of benzene rings is 4. The maximum absolute atomic E-state index is 9.89. The van der Waals surface area contributed by atoms with Crippen LogP contribution < -0.4 is 4.57 Å². The first-order valence-electron chi connectivity index (χ1n) is 15.7. The smallest absolute Gasteiger partial charge is 0.232 e. The van der Waals surface area contributed by atoms with Gasteiger partial charge in [-0.3, -0.25) is 0 Å². The molecule has 0 N–H and O–H groups in total. The number of hydrogen-bond donors (Lipinski definition) is 0. The van der Waals surface area contributed by atoms with Gasteiger partial charge in [0.1, 0.15) is 18.1 Å². The van der Waals surface area contributed by atoms with Gasteiger partial charge in [0.15, 0.2) is 0 Å². The van der Waals surface area contributed by atoms with Crippen LogP contribution in [0.3, 0.4) is 0 Å². The summed E-state index contributed by atoms with van der Waals surface area (Å²) in [5, 5.41) is 0. The lowest BCUT2D eigenvalue weighted by molar-refractivity contribution is -0.659. The summed E-state index contributed by atoms with van der Waals surface area (Å²) >= 11 is 0. The largest absolute Gasteiger partial charge is 0.294 e. The molecule has 2 nitrogen and oxygen atoms in total. The molecule has 200 valence electrons. The first kappa shape index (κ1) is 22.9. The van der Waals surface area contributed by atoms with Crippen molar-refractivity contribution in [3.8, 4) is 39.3 Å². The highest BCUT2D eigenvalue weighted by molar-refractivity contribution is 5.86. The normalized spacial score (nSPS) is 15.4. The highest BCUT2D eigenvalue weighted by Crippen LogP contribution is 2.47. The van der Waals surface area contributed by atoms with E-state index in [1.807, 2.05) is 6.07 Å². The fraction of sp³-hybridized carbons (Fsp3) is 0.289. The summed E-state index contributed by atoms with van der Waals surface area (Å²) < 4.78 is 24.4. The zero-order valence-corrected chi connectivity index (χ0v) is 24.5. The molecule has 2 heteroatoms. The molecule has 0 radical (unpaired) electrons. The minimum atomic E-state index is -1.59. The first-order chi connectivity index (χ1) is 20.1. The second kappa shape index (κ2) is 9.34. The van der Waals surface area contributed by atoms with Gasteiger partial charge < -0.3 is 0 Å². The second-order valence-corrected chi connectivity index (χ2v) is 12.2. The van der Waals surface area contributed by atoms with Gasteiger partial charge in [0.2, 0.25) is 0 Å². The molecule has 0 saturated carbocycles. The Hall–Kier alpha value is -3.91. The number of fused-ring (bicyclic) bond motifs is 6. The molecule has 0 unspecified atom stereocenters. The van der Waals surface area contributed by atoms with Crippen molar-refractivity contribution in [2.24, 2.45) is 7.05 Å². The van der Waals surface area contributed by atoms with Crippen molar-refractivity contribution in [1.82, 2.24) is 4.57 Å². The van der Waals surface area contributed by atoms with Crippen molar-refractivity contribution in [2.45, 2.75) is 65.7 Å². The Morgan fingerprint density at radius 3 is 2.35 bits per heavy atom. The maximum Gasteiger partial charge on any atom is 0.294 e. The van der Waals surface area contributed by atoms with E-state index in [-0.39, 0.29) is 11.8 Å². The minimum Gasteiger partial charge on any atom is -0.232 e. The van der Waals surface area contributed by atoms with E-state index in [0.29, 0.717) is 6.42 Å². The average Bonchev–Trinajstić information content (AvgIpc) is 3.52. The first-order valence-corrected chi connectivity index (χ1v) is 14.7. The Bertz CT molecular complexity index is 1880.